The number of hydrogen-bond donors (Lipinski definition) is 1. The molecule has 2 aliphatic rings. The Kier molecular flexibility index (Phi) is 4.14. The number of aliphatic carboxylic acids is 1. The standard InChI is InChI=1S/C17H22N2O3/c1-11(13-6-4-8-18-10-13)16(20)19-14-7-3-2-5-12(14)9-15(19)17(21)22/h4,6,8,10-12,14-15H,2-3,5,7,9H2,1H3,(H,21,22). The lowest BCUT2D eigenvalue weighted by Crippen LogP contribution is -2.47. The van der Waals surface area contributed by atoms with Gasteiger partial charge in [0.1, 0.15) is 6.04 Å². The highest BCUT2D eigenvalue weighted by molar-refractivity contribution is 5.88. The van der Waals surface area contributed by atoms with Gasteiger partial charge in [-0.25, -0.2) is 4.79 Å². The van der Waals surface area contributed by atoms with Gasteiger partial charge in [0.15, 0.2) is 0 Å². The van der Waals surface area contributed by atoms with E-state index in [-0.39, 0.29) is 17.9 Å². The molecule has 4 atom stereocenters. The Balaban J connectivity index is 1.86. The summed E-state index contributed by atoms with van der Waals surface area (Å²) in [5.41, 5.74) is 0.843. The number of hydrogen-bond acceptors (Lipinski definition) is 3. The first-order valence-electron chi connectivity index (χ1n) is 8.04. The number of aromatic nitrogens is 1. The summed E-state index contributed by atoms with van der Waals surface area (Å²) in [6, 6.07) is 3.11. The van der Waals surface area contributed by atoms with Crippen molar-refractivity contribution in [3.8, 4) is 0 Å². The van der Waals surface area contributed by atoms with Crippen LogP contribution >= 0.6 is 0 Å². The van der Waals surface area contributed by atoms with Gasteiger partial charge >= 0.3 is 5.97 Å². The molecule has 0 bridgehead atoms. The molecule has 118 valence electrons. The van der Waals surface area contributed by atoms with Gasteiger partial charge in [0, 0.05) is 18.4 Å². The summed E-state index contributed by atoms with van der Waals surface area (Å²) >= 11 is 0. The number of carbonyl (C=O) groups is 2. The summed E-state index contributed by atoms with van der Waals surface area (Å²) in [4.78, 5) is 30.3. The van der Waals surface area contributed by atoms with E-state index < -0.39 is 12.0 Å². The number of nitrogens with zero attached hydrogens (tertiary/aromatic N) is 2. The average Bonchev–Trinajstić information content (AvgIpc) is 2.94. The molecule has 5 heteroatoms. The Hall–Kier alpha value is -1.91. The highest BCUT2D eigenvalue weighted by atomic mass is 16.4. The van der Waals surface area contributed by atoms with Crippen molar-refractivity contribution < 1.29 is 14.7 Å². The number of rotatable bonds is 3. The molecular formula is C17H22N2O3. The Morgan fingerprint density at radius 3 is 2.82 bits per heavy atom. The molecule has 5 nitrogen and oxygen atoms in total. The number of carbonyl (C=O) groups excluding carboxylic acids is 1. The van der Waals surface area contributed by atoms with Crippen LogP contribution in [-0.4, -0.2) is 39.0 Å². The minimum absolute atomic E-state index is 0.0743. The third-order valence-corrected chi connectivity index (χ3v) is 5.18. The normalized spacial score (nSPS) is 29.0. The fourth-order valence-electron chi connectivity index (χ4n) is 4.00. The van der Waals surface area contributed by atoms with E-state index in [1.54, 1.807) is 23.4 Å². The summed E-state index contributed by atoms with van der Waals surface area (Å²) in [6.45, 7) is 1.84. The van der Waals surface area contributed by atoms with Crippen molar-refractivity contribution in [2.24, 2.45) is 5.92 Å². The molecule has 1 aliphatic heterocycles. The van der Waals surface area contributed by atoms with E-state index in [0.29, 0.717) is 12.3 Å². The molecule has 0 aromatic carbocycles. The highest BCUT2D eigenvalue weighted by Crippen LogP contribution is 2.41. The first kappa shape index (κ1) is 15.0. The highest BCUT2D eigenvalue weighted by Gasteiger charge is 2.48. The molecule has 1 amide bonds. The number of pyridine rings is 1. The van der Waals surface area contributed by atoms with Crippen LogP contribution in [0.4, 0.5) is 0 Å². The fraction of sp³-hybridized carbons (Fsp3) is 0.588. The molecule has 1 aromatic heterocycles. The summed E-state index contributed by atoms with van der Waals surface area (Å²) in [7, 11) is 0. The third-order valence-electron chi connectivity index (χ3n) is 5.18. The molecule has 3 rings (SSSR count). The molecular weight excluding hydrogens is 280 g/mol. The van der Waals surface area contributed by atoms with Crippen LogP contribution in [0.1, 0.15) is 50.5 Å². The Morgan fingerprint density at radius 1 is 1.36 bits per heavy atom. The van der Waals surface area contributed by atoms with Gasteiger partial charge in [0.2, 0.25) is 5.91 Å². The van der Waals surface area contributed by atoms with E-state index in [2.05, 4.69) is 4.98 Å². The molecule has 2 fully saturated rings. The first-order chi connectivity index (χ1) is 10.6. The second-order valence-electron chi connectivity index (χ2n) is 6.46. The second-order valence-corrected chi connectivity index (χ2v) is 6.46. The van der Waals surface area contributed by atoms with Crippen molar-refractivity contribution >= 4 is 11.9 Å². The molecule has 1 saturated heterocycles. The lowest BCUT2D eigenvalue weighted by atomic mass is 9.84. The number of fused-ring (bicyclic) bond motifs is 1. The lowest BCUT2D eigenvalue weighted by Gasteiger charge is -2.34. The van der Waals surface area contributed by atoms with Crippen LogP contribution < -0.4 is 0 Å². The molecule has 0 radical (unpaired) electrons. The molecule has 1 saturated carbocycles. The van der Waals surface area contributed by atoms with E-state index in [0.717, 1.165) is 31.2 Å². The largest absolute Gasteiger partial charge is 0.480 e. The lowest BCUT2D eigenvalue weighted by molar-refractivity contribution is -0.150. The fourth-order valence-corrected chi connectivity index (χ4v) is 4.00. The maximum absolute atomic E-state index is 13.0. The van der Waals surface area contributed by atoms with Crippen LogP contribution in [0.5, 0.6) is 0 Å². The first-order valence-corrected chi connectivity index (χ1v) is 8.04. The monoisotopic (exact) mass is 302 g/mol. The van der Waals surface area contributed by atoms with Crippen molar-refractivity contribution in [3.05, 3.63) is 30.1 Å². The molecule has 0 spiro atoms. The van der Waals surface area contributed by atoms with Crippen molar-refractivity contribution in [1.82, 2.24) is 9.88 Å². The van der Waals surface area contributed by atoms with Crippen LogP contribution in [0.2, 0.25) is 0 Å². The molecule has 4 unspecified atom stereocenters. The van der Waals surface area contributed by atoms with Crippen LogP contribution in [0.3, 0.4) is 0 Å². The summed E-state index contributed by atoms with van der Waals surface area (Å²) in [5, 5.41) is 9.53. The van der Waals surface area contributed by atoms with Crippen LogP contribution in [0, 0.1) is 5.92 Å². The van der Waals surface area contributed by atoms with Gasteiger partial charge in [-0.3, -0.25) is 9.78 Å². The molecule has 22 heavy (non-hydrogen) atoms. The summed E-state index contributed by atoms with van der Waals surface area (Å²) in [6.07, 6.45) is 8.16. The molecule has 1 aliphatic carbocycles. The smallest absolute Gasteiger partial charge is 0.326 e. The maximum Gasteiger partial charge on any atom is 0.326 e. The van der Waals surface area contributed by atoms with Gasteiger partial charge in [-0.15, -0.1) is 0 Å². The maximum atomic E-state index is 13.0. The van der Waals surface area contributed by atoms with Crippen molar-refractivity contribution in [2.75, 3.05) is 0 Å². The SMILES string of the molecule is CC(C(=O)N1C(C(=O)O)CC2CCCCC21)c1cccnc1. The number of carboxylic acid groups (broad SMARTS) is 1. The average molecular weight is 302 g/mol. The van der Waals surface area contributed by atoms with Crippen LogP contribution in [-0.2, 0) is 9.59 Å². The Bertz CT molecular complexity index is 560. The van der Waals surface area contributed by atoms with E-state index in [9.17, 15) is 14.7 Å². The van der Waals surface area contributed by atoms with E-state index in [4.69, 9.17) is 0 Å². The quantitative estimate of drug-likeness (QED) is 0.931. The van der Waals surface area contributed by atoms with Crippen molar-refractivity contribution in [3.63, 3.8) is 0 Å². The molecule has 2 heterocycles. The van der Waals surface area contributed by atoms with Gasteiger partial charge in [-0.1, -0.05) is 18.9 Å². The Morgan fingerprint density at radius 2 is 2.14 bits per heavy atom. The summed E-state index contributed by atoms with van der Waals surface area (Å²) < 4.78 is 0. The zero-order valence-corrected chi connectivity index (χ0v) is 12.8. The predicted octanol–water partition coefficient (Wildman–Crippen LogP) is 2.43. The van der Waals surface area contributed by atoms with Crippen molar-refractivity contribution in [1.29, 1.82) is 0 Å². The van der Waals surface area contributed by atoms with Gasteiger partial charge in [-0.2, -0.15) is 0 Å². The second kappa shape index (κ2) is 6.07. The predicted molar refractivity (Wildman–Crippen MR) is 81.3 cm³/mol. The third kappa shape index (κ3) is 2.60. The minimum Gasteiger partial charge on any atom is -0.480 e. The van der Waals surface area contributed by atoms with E-state index >= 15 is 0 Å². The molecule has 1 aromatic rings. The van der Waals surface area contributed by atoms with Crippen LogP contribution in [0.15, 0.2) is 24.5 Å². The van der Waals surface area contributed by atoms with Crippen LogP contribution in [0.25, 0.3) is 0 Å². The zero-order valence-electron chi connectivity index (χ0n) is 12.8. The number of carboxylic acids is 1. The minimum atomic E-state index is -0.874. The zero-order chi connectivity index (χ0) is 15.7. The van der Waals surface area contributed by atoms with E-state index in [1.807, 2.05) is 13.0 Å². The van der Waals surface area contributed by atoms with Gasteiger partial charge in [0.05, 0.1) is 5.92 Å². The van der Waals surface area contributed by atoms with Gasteiger partial charge < -0.3 is 10.0 Å². The van der Waals surface area contributed by atoms with E-state index in [1.165, 1.54) is 0 Å². The number of likely N-dealkylation sites (tertiary alicyclic amines) is 1. The Labute approximate surface area is 130 Å². The van der Waals surface area contributed by atoms with Gasteiger partial charge in [0.25, 0.3) is 0 Å². The summed E-state index contributed by atoms with van der Waals surface area (Å²) in [5.74, 6) is -0.952. The number of amides is 1. The van der Waals surface area contributed by atoms with Crippen molar-refractivity contribution in [2.45, 2.75) is 57.0 Å². The van der Waals surface area contributed by atoms with Gasteiger partial charge in [-0.05, 0) is 43.7 Å². The molecule has 1 N–H and O–H groups in total. The topological polar surface area (TPSA) is 70.5 Å².